The van der Waals surface area contributed by atoms with E-state index in [9.17, 15) is 9.59 Å². The van der Waals surface area contributed by atoms with E-state index in [1.54, 1.807) is 12.1 Å². The van der Waals surface area contributed by atoms with Crippen molar-refractivity contribution in [2.45, 2.75) is 46.0 Å². The highest BCUT2D eigenvalue weighted by molar-refractivity contribution is 6.11. The first-order valence-electron chi connectivity index (χ1n) is 9.98. The van der Waals surface area contributed by atoms with E-state index in [1.165, 1.54) is 5.56 Å². The van der Waals surface area contributed by atoms with Crippen LogP contribution in [0.2, 0.25) is 0 Å². The number of ether oxygens (including phenoxy) is 1. The fourth-order valence-electron chi connectivity index (χ4n) is 3.80. The number of unbranched alkanes of at least 4 members (excludes halogenated alkanes) is 1. The Morgan fingerprint density at radius 2 is 1.67 bits per heavy atom. The Kier molecular flexibility index (Phi) is 6.44. The van der Waals surface area contributed by atoms with Gasteiger partial charge in [0.1, 0.15) is 5.75 Å². The third-order valence-electron chi connectivity index (χ3n) is 5.63. The smallest absolute Gasteiger partial charge is 0.166 e. The Morgan fingerprint density at radius 3 is 2.37 bits per heavy atom. The Labute approximate surface area is 161 Å². The maximum atomic E-state index is 12.7. The molecule has 1 aliphatic carbocycles. The number of Topliss-reactive ketones (excluding diaryl/α,β-unsaturated/α-hetero) is 2. The zero-order valence-corrected chi connectivity index (χ0v) is 16.2. The predicted molar refractivity (Wildman–Crippen MR) is 108 cm³/mol. The van der Waals surface area contributed by atoms with Crippen LogP contribution >= 0.6 is 0 Å². The number of carbonyl (C=O) groups is 2. The van der Waals surface area contributed by atoms with Crippen molar-refractivity contribution in [3.05, 3.63) is 65.2 Å². The Bertz CT molecular complexity index is 792. The van der Waals surface area contributed by atoms with Crippen LogP contribution in [0.1, 0.15) is 65.8 Å². The number of hydrogen-bond acceptors (Lipinski definition) is 3. The summed E-state index contributed by atoms with van der Waals surface area (Å²) >= 11 is 0. The molecule has 0 saturated heterocycles. The summed E-state index contributed by atoms with van der Waals surface area (Å²) in [5, 5.41) is 0. The molecule has 2 aromatic rings. The lowest BCUT2D eigenvalue weighted by Crippen LogP contribution is -2.20. The number of carbonyl (C=O) groups excluding carboxylic acids is 2. The fourth-order valence-corrected chi connectivity index (χ4v) is 3.80. The van der Waals surface area contributed by atoms with Gasteiger partial charge >= 0.3 is 0 Å². The lowest BCUT2D eigenvalue weighted by atomic mass is 9.84. The summed E-state index contributed by atoms with van der Waals surface area (Å²) in [6, 6.07) is 15.5. The van der Waals surface area contributed by atoms with Crippen LogP contribution in [-0.4, -0.2) is 18.2 Å². The summed E-state index contributed by atoms with van der Waals surface area (Å²) in [6.45, 7) is 4.77. The van der Waals surface area contributed by atoms with E-state index in [-0.39, 0.29) is 23.4 Å². The topological polar surface area (TPSA) is 43.4 Å². The van der Waals surface area contributed by atoms with Gasteiger partial charge in [0, 0.05) is 23.5 Å². The maximum Gasteiger partial charge on any atom is 0.166 e. The molecule has 0 N–H and O–H groups in total. The molecule has 27 heavy (non-hydrogen) atoms. The SMILES string of the molecule is CCc1ccc(OCCCCC2CC(=O)c3ccccc3C(=O)C2C)cc1. The van der Waals surface area contributed by atoms with Crippen LogP contribution in [0.5, 0.6) is 5.75 Å². The van der Waals surface area contributed by atoms with E-state index >= 15 is 0 Å². The number of benzene rings is 2. The average Bonchev–Trinajstić information content (AvgIpc) is 2.79. The van der Waals surface area contributed by atoms with Gasteiger partial charge < -0.3 is 4.74 Å². The van der Waals surface area contributed by atoms with Gasteiger partial charge in [-0.25, -0.2) is 0 Å². The number of aryl methyl sites for hydroxylation is 1. The molecule has 2 unspecified atom stereocenters. The Balaban J connectivity index is 1.49. The van der Waals surface area contributed by atoms with Crippen molar-refractivity contribution in [3.8, 4) is 5.75 Å². The minimum absolute atomic E-state index is 0.0977. The minimum atomic E-state index is -0.111. The molecule has 2 aromatic carbocycles. The van der Waals surface area contributed by atoms with E-state index in [0.29, 0.717) is 24.2 Å². The van der Waals surface area contributed by atoms with Gasteiger partial charge in [-0.05, 0) is 49.3 Å². The fraction of sp³-hybridized carbons (Fsp3) is 0.417. The van der Waals surface area contributed by atoms with Gasteiger partial charge in [-0.1, -0.05) is 50.2 Å². The molecule has 0 saturated carbocycles. The summed E-state index contributed by atoms with van der Waals surface area (Å²) in [4.78, 5) is 25.3. The molecule has 3 nitrogen and oxygen atoms in total. The third-order valence-corrected chi connectivity index (χ3v) is 5.63. The van der Waals surface area contributed by atoms with E-state index < -0.39 is 0 Å². The number of rotatable bonds is 7. The maximum absolute atomic E-state index is 12.7. The summed E-state index contributed by atoms with van der Waals surface area (Å²) < 4.78 is 5.81. The van der Waals surface area contributed by atoms with Gasteiger partial charge in [0.25, 0.3) is 0 Å². The molecule has 0 bridgehead atoms. The van der Waals surface area contributed by atoms with Gasteiger partial charge in [-0.3, -0.25) is 9.59 Å². The monoisotopic (exact) mass is 364 g/mol. The number of hydrogen-bond donors (Lipinski definition) is 0. The van der Waals surface area contributed by atoms with Gasteiger partial charge in [-0.15, -0.1) is 0 Å². The van der Waals surface area contributed by atoms with Crippen molar-refractivity contribution in [2.75, 3.05) is 6.61 Å². The first kappa shape index (κ1) is 19.3. The van der Waals surface area contributed by atoms with Crippen molar-refractivity contribution in [1.82, 2.24) is 0 Å². The average molecular weight is 364 g/mol. The van der Waals surface area contributed by atoms with Crippen LogP contribution in [0.25, 0.3) is 0 Å². The second kappa shape index (κ2) is 8.98. The first-order chi connectivity index (χ1) is 13.1. The summed E-state index contributed by atoms with van der Waals surface area (Å²) in [7, 11) is 0. The molecule has 0 aliphatic heterocycles. The zero-order valence-electron chi connectivity index (χ0n) is 16.2. The van der Waals surface area contributed by atoms with Crippen molar-refractivity contribution >= 4 is 11.6 Å². The zero-order chi connectivity index (χ0) is 19.2. The molecule has 0 aromatic heterocycles. The minimum Gasteiger partial charge on any atom is -0.494 e. The van der Waals surface area contributed by atoms with Crippen LogP contribution in [0.3, 0.4) is 0 Å². The highest BCUT2D eigenvalue weighted by Gasteiger charge is 2.33. The lowest BCUT2D eigenvalue weighted by molar-refractivity contribution is 0.0867. The van der Waals surface area contributed by atoms with E-state index in [4.69, 9.17) is 4.74 Å². The molecule has 1 aliphatic rings. The van der Waals surface area contributed by atoms with Crippen molar-refractivity contribution in [2.24, 2.45) is 11.8 Å². The molecule has 0 radical (unpaired) electrons. The first-order valence-corrected chi connectivity index (χ1v) is 9.98. The van der Waals surface area contributed by atoms with Crippen LogP contribution in [-0.2, 0) is 6.42 Å². The molecule has 3 heteroatoms. The second-order valence-corrected chi connectivity index (χ2v) is 7.43. The molecule has 0 amide bonds. The summed E-state index contributed by atoms with van der Waals surface area (Å²) in [5.74, 6) is 1.10. The molecule has 142 valence electrons. The quantitative estimate of drug-likeness (QED) is 0.480. The normalized spacial score (nSPS) is 19.5. The van der Waals surface area contributed by atoms with Gasteiger partial charge in [0.2, 0.25) is 0 Å². The molecule has 3 rings (SSSR count). The molecule has 0 heterocycles. The van der Waals surface area contributed by atoms with Crippen molar-refractivity contribution < 1.29 is 14.3 Å². The number of ketones is 2. The van der Waals surface area contributed by atoms with E-state index in [1.807, 2.05) is 31.2 Å². The highest BCUT2D eigenvalue weighted by Crippen LogP contribution is 2.32. The Morgan fingerprint density at radius 1 is 0.963 bits per heavy atom. The second-order valence-electron chi connectivity index (χ2n) is 7.43. The van der Waals surface area contributed by atoms with Crippen LogP contribution in [0.4, 0.5) is 0 Å². The molecule has 2 atom stereocenters. The molecular formula is C24H28O3. The van der Waals surface area contributed by atoms with E-state index in [2.05, 4.69) is 19.1 Å². The van der Waals surface area contributed by atoms with E-state index in [0.717, 1.165) is 31.4 Å². The number of fused-ring (bicyclic) bond motifs is 1. The van der Waals surface area contributed by atoms with Crippen LogP contribution < -0.4 is 4.74 Å². The van der Waals surface area contributed by atoms with Gasteiger partial charge in [-0.2, -0.15) is 0 Å². The molecule has 0 fully saturated rings. The predicted octanol–water partition coefficient (Wildman–Crippen LogP) is 5.52. The molecule has 0 spiro atoms. The lowest BCUT2D eigenvalue weighted by Gasteiger charge is -2.19. The summed E-state index contributed by atoms with van der Waals surface area (Å²) in [5.41, 5.74) is 2.49. The van der Waals surface area contributed by atoms with Crippen LogP contribution in [0.15, 0.2) is 48.5 Å². The van der Waals surface area contributed by atoms with Crippen molar-refractivity contribution in [1.29, 1.82) is 0 Å². The standard InChI is InChI=1S/C24H28O3/c1-3-18-11-13-20(14-12-18)27-15-7-6-8-19-16-23(25)21-9-4-5-10-22(21)24(26)17(19)2/h4-5,9-14,17,19H,3,6-8,15-16H2,1-2H3. The highest BCUT2D eigenvalue weighted by atomic mass is 16.5. The van der Waals surface area contributed by atoms with Gasteiger partial charge in [0.05, 0.1) is 6.61 Å². The molecular weight excluding hydrogens is 336 g/mol. The van der Waals surface area contributed by atoms with Gasteiger partial charge in [0.15, 0.2) is 11.6 Å². The van der Waals surface area contributed by atoms with Crippen molar-refractivity contribution in [3.63, 3.8) is 0 Å². The summed E-state index contributed by atoms with van der Waals surface area (Å²) in [6.07, 6.45) is 4.25. The van der Waals surface area contributed by atoms with Crippen LogP contribution in [0, 0.1) is 11.8 Å². The third kappa shape index (κ3) is 4.65. The largest absolute Gasteiger partial charge is 0.494 e. The Hall–Kier alpha value is -2.42.